The van der Waals surface area contributed by atoms with Crippen molar-refractivity contribution in [2.24, 2.45) is 11.3 Å². The number of carbonyl (C=O) groups excluding carboxylic acids is 1. The van der Waals surface area contributed by atoms with Crippen molar-refractivity contribution in [3.05, 3.63) is 0 Å². The zero-order valence-electron chi connectivity index (χ0n) is 12.0. The van der Waals surface area contributed by atoms with E-state index in [2.05, 4.69) is 6.92 Å². The van der Waals surface area contributed by atoms with Crippen molar-refractivity contribution in [2.75, 3.05) is 6.54 Å². The van der Waals surface area contributed by atoms with Crippen molar-refractivity contribution in [1.29, 1.82) is 0 Å². The topological polar surface area (TPSA) is 57.6 Å². The second kappa shape index (κ2) is 5.51. The van der Waals surface area contributed by atoms with Crippen LogP contribution in [-0.2, 0) is 9.59 Å². The number of carbonyl (C=O) groups is 2. The van der Waals surface area contributed by atoms with E-state index >= 15 is 0 Å². The molecule has 2 unspecified atom stereocenters. The van der Waals surface area contributed by atoms with Crippen LogP contribution in [0.2, 0.25) is 0 Å². The molecule has 2 fully saturated rings. The quantitative estimate of drug-likeness (QED) is 0.855. The van der Waals surface area contributed by atoms with Gasteiger partial charge in [-0.3, -0.25) is 9.59 Å². The standard InChI is InChI=1S/C15H25NO3/c1-3-15(8-5-4-6-9-15)14(19)16-10-7-12(11(16)2)13(17)18/h11-12H,3-10H2,1-2H3,(H,17,18). The molecule has 0 spiro atoms. The van der Waals surface area contributed by atoms with Crippen LogP contribution in [-0.4, -0.2) is 34.5 Å². The molecule has 1 amide bonds. The summed E-state index contributed by atoms with van der Waals surface area (Å²) in [6.07, 6.45) is 6.91. The molecule has 1 aliphatic carbocycles. The average molecular weight is 267 g/mol. The third-order valence-electron chi connectivity index (χ3n) is 5.27. The van der Waals surface area contributed by atoms with E-state index < -0.39 is 5.97 Å². The second-order valence-electron chi connectivity index (χ2n) is 6.17. The Labute approximate surface area is 115 Å². The summed E-state index contributed by atoms with van der Waals surface area (Å²) in [6, 6.07) is -0.157. The summed E-state index contributed by atoms with van der Waals surface area (Å²) in [4.78, 5) is 25.9. The number of hydrogen-bond acceptors (Lipinski definition) is 2. The van der Waals surface area contributed by atoms with Crippen LogP contribution in [0.3, 0.4) is 0 Å². The molecule has 2 aliphatic rings. The lowest BCUT2D eigenvalue weighted by atomic mass is 9.71. The number of carboxylic acid groups (broad SMARTS) is 1. The van der Waals surface area contributed by atoms with E-state index in [0.29, 0.717) is 13.0 Å². The Kier molecular flexibility index (Phi) is 4.16. The predicted octanol–water partition coefficient (Wildman–Crippen LogP) is 2.67. The Morgan fingerprint density at radius 2 is 1.89 bits per heavy atom. The van der Waals surface area contributed by atoms with Crippen LogP contribution < -0.4 is 0 Å². The minimum atomic E-state index is -0.767. The van der Waals surface area contributed by atoms with Crippen LogP contribution in [0.15, 0.2) is 0 Å². The molecule has 1 N–H and O–H groups in total. The number of likely N-dealkylation sites (tertiary alicyclic amines) is 1. The molecular weight excluding hydrogens is 242 g/mol. The maximum atomic E-state index is 12.9. The van der Waals surface area contributed by atoms with Crippen LogP contribution in [0.25, 0.3) is 0 Å². The van der Waals surface area contributed by atoms with Crippen LogP contribution in [0.5, 0.6) is 0 Å². The number of rotatable bonds is 3. The molecule has 1 aliphatic heterocycles. The van der Waals surface area contributed by atoms with E-state index in [-0.39, 0.29) is 23.3 Å². The largest absolute Gasteiger partial charge is 0.481 e. The predicted molar refractivity (Wildman–Crippen MR) is 72.7 cm³/mol. The molecule has 1 saturated carbocycles. The number of nitrogens with zero attached hydrogens (tertiary/aromatic N) is 1. The fraction of sp³-hybridized carbons (Fsp3) is 0.867. The highest BCUT2D eigenvalue weighted by Crippen LogP contribution is 2.42. The smallest absolute Gasteiger partial charge is 0.308 e. The lowest BCUT2D eigenvalue weighted by molar-refractivity contribution is -0.147. The highest BCUT2D eigenvalue weighted by Gasteiger charge is 2.46. The third-order valence-corrected chi connectivity index (χ3v) is 5.27. The van der Waals surface area contributed by atoms with Crippen molar-refractivity contribution in [3.63, 3.8) is 0 Å². The van der Waals surface area contributed by atoms with Crippen LogP contribution in [0.1, 0.15) is 58.8 Å². The first-order valence-corrected chi connectivity index (χ1v) is 7.56. The average Bonchev–Trinajstić information content (AvgIpc) is 2.80. The molecule has 4 nitrogen and oxygen atoms in total. The summed E-state index contributed by atoms with van der Waals surface area (Å²) < 4.78 is 0. The highest BCUT2D eigenvalue weighted by molar-refractivity contribution is 5.84. The van der Waals surface area contributed by atoms with Gasteiger partial charge in [-0.2, -0.15) is 0 Å². The summed E-state index contributed by atoms with van der Waals surface area (Å²) in [5.74, 6) is -0.940. The first-order chi connectivity index (χ1) is 9.02. The zero-order valence-corrected chi connectivity index (χ0v) is 12.0. The zero-order chi connectivity index (χ0) is 14.0. The number of amides is 1. The molecule has 2 rings (SSSR count). The van der Waals surface area contributed by atoms with Gasteiger partial charge >= 0.3 is 5.97 Å². The summed E-state index contributed by atoms with van der Waals surface area (Å²) in [5.41, 5.74) is -0.208. The molecule has 1 saturated heterocycles. The van der Waals surface area contributed by atoms with E-state index in [9.17, 15) is 14.7 Å². The highest BCUT2D eigenvalue weighted by atomic mass is 16.4. The number of carboxylic acids is 1. The second-order valence-corrected chi connectivity index (χ2v) is 6.17. The maximum absolute atomic E-state index is 12.9. The van der Waals surface area contributed by atoms with Crippen molar-refractivity contribution < 1.29 is 14.7 Å². The van der Waals surface area contributed by atoms with E-state index in [1.807, 2.05) is 11.8 Å². The van der Waals surface area contributed by atoms with Crippen molar-refractivity contribution in [3.8, 4) is 0 Å². The lowest BCUT2D eigenvalue weighted by Gasteiger charge is -2.39. The van der Waals surface area contributed by atoms with E-state index in [0.717, 1.165) is 32.1 Å². The van der Waals surface area contributed by atoms with Gasteiger partial charge in [0.25, 0.3) is 0 Å². The van der Waals surface area contributed by atoms with Gasteiger partial charge in [-0.05, 0) is 32.6 Å². The van der Waals surface area contributed by atoms with E-state index in [4.69, 9.17) is 0 Å². The minimum absolute atomic E-state index is 0.157. The molecule has 0 radical (unpaired) electrons. The molecule has 19 heavy (non-hydrogen) atoms. The molecular formula is C15H25NO3. The summed E-state index contributed by atoms with van der Waals surface area (Å²) >= 11 is 0. The van der Waals surface area contributed by atoms with Crippen LogP contribution in [0.4, 0.5) is 0 Å². The maximum Gasteiger partial charge on any atom is 0.308 e. The first kappa shape index (κ1) is 14.4. The van der Waals surface area contributed by atoms with Gasteiger partial charge in [-0.25, -0.2) is 0 Å². The SMILES string of the molecule is CCC1(C(=O)N2CCC(C(=O)O)C2C)CCCCC1. The van der Waals surface area contributed by atoms with Crippen LogP contribution in [0, 0.1) is 11.3 Å². The molecule has 108 valence electrons. The van der Waals surface area contributed by atoms with Gasteiger partial charge in [-0.15, -0.1) is 0 Å². The normalized spacial score (nSPS) is 30.3. The molecule has 4 heteroatoms. The molecule has 2 atom stereocenters. The van der Waals surface area contributed by atoms with Gasteiger partial charge in [0.1, 0.15) is 0 Å². The van der Waals surface area contributed by atoms with Gasteiger partial charge in [0.05, 0.1) is 5.92 Å². The molecule has 1 heterocycles. The van der Waals surface area contributed by atoms with Crippen LogP contribution >= 0.6 is 0 Å². The Bertz CT molecular complexity index is 360. The monoisotopic (exact) mass is 267 g/mol. The third kappa shape index (κ3) is 2.49. The first-order valence-electron chi connectivity index (χ1n) is 7.56. The van der Waals surface area contributed by atoms with E-state index in [1.165, 1.54) is 6.42 Å². The van der Waals surface area contributed by atoms with Crippen molar-refractivity contribution in [2.45, 2.75) is 64.8 Å². The molecule has 0 aromatic rings. The molecule has 0 bridgehead atoms. The van der Waals surface area contributed by atoms with Gasteiger partial charge < -0.3 is 10.0 Å². The van der Waals surface area contributed by atoms with Gasteiger partial charge in [-0.1, -0.05) is 26.2 Å². The van der Waals surface area contributed by atoms with E-state index in [1.54, 1.807) is 0 Å². The summed E-state index contributed by atoms with van der Waals surface area (Å²) in [7, 11) is 0. The summed E-state index contributed by atoms with van der Waals surface area (Å²) in [5, 5.41) is 9.18. The van der Waals surface area contributed by atoms with Gasteiger partial charge in [0.2, 0.25) is 5.91 Å². The Hall–Kier alpha value is -1.06. The fourth-order valence-corrected chi connectivity index (χ4v) is 3.81. The Morgan fingerprint density at radius 3 is 2.37 bits per heavy atom. The lowest BCUT2D eigenvalue weighted by Crippen LogP contribution is -2.47. The number of aliphatic carboxylic acids is 1. The van der Waals surface area contributed by atoms with Crippen molar-refractivity contribution >= 4 is 11.9 Å². The van der Waals surface area contributed by atoms with Crippen molar-refractivity contribution in [1.82, 2.24) is 4.90 Å². The Balaban J connectivity index is 2.13. The number of hydrogen-bond donors (Lipinski definition) is 1. The Morgan fingerprint density at radius 1 is 1.26 bits per heavy atom. The summed E-state index contributed by atoms with van der Waals surface area (Å²) in [6.45, 7) is 4.59. The fourth-order valence-electron chi connectivity index (χ4n) is 3.81. The molecule has 0 aromatic heterocycles. The van der Waals surface area contributed by atoms with Gasteiger partial charge in [0, 0.05) is 18.0 Å². The van der Waals surface area contributed by atoms with Gasteiger partial charge in [0.15, 0.2) is 0 Å². The minimum Gasteiger partial charge on any atom is -0.481 e. The molecule has 0 aromatic carbocycles.